The molecule has 1 amide bonds. The van der Waals surface area contributed by atoms with Gasteiger partial charge >= 0.3 is 0 Å². The third kappa shape index (κ3) is 36.7. The summed E-state index contributed by atoms with van der Waals surface area (Å²) in [5, 5.41) is 33.2. The van der Waals surface area contributed by atoms with Gasteiger partial charge in [-0.05, 0) is 70.6 Å². The lowest BCUT2D eigenvalue weighted by atomic mass is 10.0. The van der Waals surface area contributed by atoms with Crippen LogP contribution in [0, 0.1) is 0 Å². The topological polar surface area (TPSA) is 89.8 Å². The second kappa shape index (κ2) is 41.3. The van der Waals surface area contributed by atoms with Crippen LogP contribution in [-0.2, 0) is 4.79 Å². The van der Waals surface area contributed by atoms with Crippen LogP contribution >= 0.6 is 0 Å². The molecule has 4 N–H and O–H groups in total. The van der Waals surface area contributed by atoms with Gasteiger partial charge in [0.2, 0.25) is 5.91 Å². The molecular formula is C46H87NO4. The van der Waals surface area contributed by atoms with Crippen molar-refractivity contribution in [3.05, 3.63) is 36.5 Å². The SMILES string of the molecule is CCCCC/C=C/CCCC(O)C(O)C(CO)NC(=O)CCCCCCCCCCCCCCC/C=C\C/C=C\CCCCCCCCCCC. The summed E-state index contributed by atoms with van der Waals surface area (Å²) in [7, 11) is 0. The molecule has 0 saturated heterocycles. The van der Waals surface area contributed by atoms with Crippen LogP contribution < -0.4 is 5.32 Å². The van der Waals surface area contributed by atoms with Crippen LogP contribution in [0.3, 0.4) is 0 Å². The van der Waals surface area contributed by atoms with Gasteiger partial charge in [0.1, 0.15) is 6.10 Å². The van der Waals surface area contributed by atoms with Gasteiger partial charge in [0.15, 0.2) is 0 Å². The van der Waals surface area contributed by atoms with Gasteiger partial charge in [0, 0.05) is 6.42 Å². The lowest BCUT2D eigenvalue weighted by molar-refractivity contribution is -0.124. The normalized spacial score (nSPS) is 13.9. The Kier molecular flexibility index (Phi) is 40.2. The highest BCUT2D eigenvalue weighted by Gasteiger charge is 2.26. The summed E-state index contributed by atoms with van der Waals surface area (Å²) in [6.07, 6.45) is 51.4. The number of allylic oxidation sites excluding steroid dienone is 6. The minimum Gasteiger partial charge on any atom is -0.394 e. The van der Waals surface area contributed by atoms with E-state index < -0.39 is 18.2 Å². The molecule has 0 fully saturated rings. The van der Waals surface area contributed by atoms with Crippen molar-refractivity contribution in [1.82, 2.24) is 5.32 Å². The van der Waals surface area contributed by atoms with Gasteiger partial charge in [0.05, 0.1) is 18.8 Å². The standard InChI is InChI=1S/C46H87NO4/c1-3-5-7-9-11-13-14-15-16-17-18-19-20-21-22-23-24-25-26-27-28-29-30-31-32-33-35-37-39-41-45(50)47-43(42-48)46(51)44(49)40-38-36-34-12-10-8-6-4-2/h12,18-19,21-22,34,43-44,46,48-49,51H,3-11,13-17,20,23-33,35-42H2,1-2H3,(H,47,50)/b19-18-,22-21-,34-12+. The third-order valence-electron chi connectivity index (χ3n) is 10.2. The lowest BCUT2D eigenvalue weighted by Gasteiger charge is -2.26. The average molecular weight is 718 g/mol. The molecule has 0 aromatic heterocycles. The maximum atomic E-state index is 12.4. The molecule has 3 atom stereocenters. The van der Waals surface area contributed by atoms with Crippen LogP contribution in [0.1, 0.15) is 226 Å². The van der Waals surface area contributed by atoms with Crippen molar-refractivity contribution in [2.45, 2.75) is 244 Å². The summed E-state index contributed by atoms with van der Waals surface area (Å²) in [6.45, 7) is 4.11. The molecule has 0 aromatic rings. The number of aliphatic hydroxyl groups excluding tert-OH is 3. The average Bonchev–Trinajstić information content (AvgIpc) is 3.13. The molecule has 0 aliphatic carbocycles. The molecule has 5 nitrogen and oxygen atoms in total. The van der Waals surface area contributed by atoms with Gasteiger partial charge in [-0.15, -0.1) is 0 Å². The monoisotopic (exact) mass is 718 g/mol. The third-order valence-corrected chi connectivity index (χ3v) is 10.2. The Morgan fingerprint density at radius 2 is 0.843 bits per heavy atom. The van der Waals surface area contributed by atoms with E-state index in [4.69, 9.17) is 0 Å². The zero-order valence-corrected chi connectivity index (χ0v) is 34.0. The molecule has 0 saturated carbocycles. The van der Waals surface area contributed by atoms with Crippen molar-refractivity contribution < 1.29 is 20.1 Å². The lowest BCUT2D eigenvalue weighted by Crippen LogP contribution is -2.50. The summed E-state index contributed by atoms with van der Waals surface area (Å²) in [4.78, 5) is 12.4. The molecule has 5 heteroatoms. The quantitative estimate of drug-likeness (QED) is 0.0375. The zero-order chi connectivity index (χ0) is 37.3. The summed E-state index contributed by atoms with van der Waals surface area (Å²) in [5.41, 5.74) is 0. The number of hydrogen-bond acceptors (Lipinski definition) is 4. The maximum absolute atomic E-state index is 12.4. The fraction of sp³-hybridized carbons (Fsp3) is 0.848. The molecule has 300 valence electrons. The number of unbranched alkanes of at least 4 members (excludes halogenated alkanes) is 26. The fourth-order valence-electron chi connectivity index (χ4n) is 6.72. The predicted octanol–water partition coefficient (Wildman–Crippen LogP) is 12.8. The largest absolute Gasteiger partial charge is 0.394 e. The number of amides is 1. The van der Waals surface area contributed by atoms with E-state index in [1.165, 1.54) is 154 Å². The van der Waals surface area contributed by atoms with Crippen LogP contribution in [-0.4, -0.2) is 46.1 Å². The van der Waals surface area contributed by atoms with E-state index in [0.717, 1.165) is 44.9 Å². The Labute approximate surface area is 317 Å². The van der Waals surface area contributed by atoms with Gasteiger partial charge in [-0.1, -0.05) is 185 Å². The van der Waals surface area contributed by atoms with Crippen molar-refractivity contribution in [2.24, 2.45) is 0 Å². The van der Waals surface area contributed by atoms with E-state index >= 15 is 0 Å². The summed E-state index contributed by atoms with van der Waals surface area (Å²) in [5.74, 6) is -0.158. The highest BCUT2D eigenvalue weighted by atomic mass is 16.3. The number of hydrogen-bond donors (Lipinski definition) is 4. The Bertz CT molecular complexity index is 794. The predicted molar refractivity (Wildman–Crippen MR) is 222 cm³/mol. The highest BCUT2D eigenvalue weighted by molar-refractivity contribution is 5.76. The minimum atomic E-state index is -1.16. The molecule has 51 heavy (non-hydrogen) atoms. The van der Waals surface area contributed by atoms with Crippen molar-refractivity contribution in [3.63, 3.8) is 0 Å². The van der Waals surface area contributed by atoms with E-state index in [0.29, 0.717) is 12.8 Å². The molecule has 0 heterocycles. The Morgan fingerprint density at radius 3 is 1.29 bits per heavy atom. The first kappa shape index (κ1) is 49.6. The molecule has 0 aromatic carbocycles. The number of carbonyl (C=O) groups excluding carboxylic acids is 1. The van der Waals surface area contributed by atoms with Crippen molar-refractivity contribution in [1.29, 1.82) is 0 Å². The summed E-state index contributed by atoms with van der Waals surface area (Å²) in [6, 6.07) is -0.823. The molecule has 0 spiro atoms. The van der Waals surface area contributed by atoms with Crippen LogP contribution in [0.2, 0.25) is 0 Å². The smallest absolute Gasteiger partial charge is 0.220 e. The molecule has 0 radical (unpaired) electrons. The van der Waals surface area contributed by atoms with Crippen LogP contribution in [0.15, 0.2) is 36.5 Å². The second-order valence-corrected chi connectivity index (χ2v) is 15.2. The Balaban J connectivity index is 3.53. The highest BCUT2D eigenvalue weighted by Crippen LogP contribution is 2.15. The zero-order valence-electron chi connectivity index (χ0n) is 34.0. The van der Waals surface area contributed by atoms with Gasteiger partial charge in [-0.2, -0.15) is 0 Å². The van der Waals surface area contributed by atoms with Crippen molar-refractivity contribution >= 4 is 5.91 Å². The number of nitrogens with one attached hydrogen (secondary N) is 1. The molecule has 0 aliphatic heterocycles. The first-order valence-corrected chi connectivity index (χ1v) is 22.3. The fourth-order valence-corrected chi connectivity index (χ4v) is 6.72. The number of rotatable bonds is 40. The van der Waals surface area contributed by atoms with Gasteiger partial charge < -0.3 is 20.6 Å². The first-order chi connectivity index (χ1) is 25.1. The second-order valence-electron chi connectivity index (χ2n) is 15.2. The van der Waals surface area contributed by atoms with E-state index in [9.17, 15) is 20.1 Å². The summed E-state index contributed by atoms with van der Waals surface area (Å²) < 4.78 is 0. The summed E-state index contributed by atoms with van der Waals surface area (Å²) >= 11 is 0. The molecule has 0 bridgehead atoms. The Morgan fingerprint density at radius 1 is 0.490 bits per heavy atom. The molecule has 3 unspecified atom stereocenters. The van der Waals surface area contributed by atoms with Crippen molar-refractivity contribution in [2.75, 3.05) is 6.61 Å². The molecule has 0 rings (SSSR count). The number of carbonyl (C=O) groups is 1. The van der Waals surface area contributed by atoms with Gasteiger partial charge in [0.25, 0.3) is 0 Å². The minimum absolute atomic E-state index is 0.158. The van der Waals surface area contributed by atoms with Crippen LogP contribution in [0.5, 0.6) is 0 Å². The Hall–Kier alpha value is -1.43. The van der Waals surface area contributed by atoms with Crippen molar-refractivity contribution in [3.8, 4) is 0 Å². The van der Waals surface area contributed by atoms with E-state index in [1.54, 1.807) is 0 Å². The van der Waals surface area contributed by atoms with Crippen LogP contribution in [0.25, 0.3) is 0 Å². The first-order valence-electron chi connectivity index (χ1n) is 22.3. The van der Waals surface area contributed by atoms with E-state index in [2.05, 4.69) is 55.6 Å². The number of aliphatic hydroxyl groups is 3. The van der Waals surface area contributed by atoms with E-state index in [-0.39, 0.29) is 12.5 Å². The van der Waals surface area contributed by atoms with E-state index in [1.807, 2.05) is 0 Å². The van der Waals surface area contributed by atoms with Gasteiger partial charge in [-0.3, -0.25) is 4.79 Å². The van der Waals surface area contributed by atoms with Crippen LogP contribution in [0.4, 0.5) is 0 Å². The maximum Gasteiger partial charge on any atom is 0.220 e. The molecule has 0 aliphatic rings. The van der Waals surface area contributed by atoms with Gasteiger partial charge in [-0.25, -0.2) is 0 Å². The molecular weight excluding hydrogens is 631 g/mol.